The molecule has 2 heterocycles. The summed E-state index contributed by atoms with van der Waals surface area (Å²) in [5, 5.41) is 7.85. The van der Waals surface area contributed by atoms with E-state index >= 15 is 0 Å². The highest BCUT2D eigenvalue weighted by Gasteiger charge is 2.18. The molecule has 0 atom stereocenters. The zero-order valence-electron chi connectivity index (χ0n) is 14.7. The minimum Gasteiger partial charge on any atom is -0.352 e. The second-order valence-corrected chi connectivity index (χ2v) is 6.54. The summed E-state index contributed by atoms with van der Waals surface area (Å²) in [6, 6.07) is 10.5. The maximum atomic E-state index is 4.47. The molecule has 0 amide bonds. The SMILES string of the molecule is CN=C(NCc1ccccc1Cn1cccn1)N1CCC(C)CC1. The maximum Gasteiger partial charge on any atom is 0.193 e. The van der Waals surface area contributed by atoms with Crippen LogP contribution in [0.3, 0.4) is 0 Å². The van der Waals surface area contributed by atoms with Gasteiger partial charge in [-0.05, 0) is 36.0 Å². The Kier molecular flexibility index (Phi) is 5.51. The maximum absolute atomic E-state index is 4.47. The minimum atomic E-state index is 0.788. The van der Waals surface area contributed by atoms with E-state index in [2.05, 4.69) is 51.5 Å². The van der Waals surface area contributed by atoms with Crippen molar-refractivity contribution in [1.29, 1.82) is 0 Å². The molecule has 2 aromatic rings. The van der Waals surface area contributed by atoms with Crippen molar-refractivity contribution in [2.45, 2.75) is 32.9 Å². The topological polar surface area (TPSA) is 45.5 Å². The highest BCUT2D eigenvalue weighted by molar-refractivity contribution is 5.80. The molecular weight excluding hydrogens is 298 g/mol. The summed E-state index contributed by atoms with van der Waals surface area (Å²) in [5.74, 6) is 1.84. The first-order valence-electron chi connectivity index (χ1n) is 8.76. The molecule has 0 spiro atoms. The van der Waals surface area contributed by atoms with Gasteiger partial charge in [0.25, 0.3) is 0 Å². The summed E-state index contributed by atoms with van der Waals surface area (Å²) >= 11 is 0. The van der Waals surface area contributed by atoms with Crippen LogP contribution in [-0.2, 0) is 13.1 Å². The molecule has 24 heavy (non-hydrogen) atoms. The number of nitrogens with one attached hydrogen (secondary N) is 1. The predicted molar refractivity (Wildman–Crippen MR) is 97.9 cm³/mol. The predicted octanol–water partition coefficient (Wildman–Crippen LogP) is 2.74. The van der Waals surface area contributed by atoms with Crippen LogP contribution in [0.1, 0.15) is 30.9 Å². The second-order valence-electron chi connectivity index (χ2n) is 6.54. The normalized spacial score (nSPS) is 16.4. The number of aromatic nitrogens is 2. The molecule has 5 nitrogen and oxygen atoms in total. The Morgan fingerprint density at radius 3 is 2.62 bits per heavy atom. The van der Waals surface area contributed by atoms with Crippen LogP contribution in [0.25, 0.3) is 0 Å². The van der Waals surface area contributed by atoms with E-state index in [0.717, 1.165) is 38.1 Å². The lowest BCUT2D eigenvalue weighted by molar-refractivity contribution is 0.273. The van der Waals surface area contributed by atoms with Crippen molar-refractivity contribution in [3.05, 3.63) is 53.9 Å². The first-order chi connectivity index (χ1) is 11.8. The Labute approximate surface area is 144 Å². The van der Waals surface area contributed by atoms with Gasteiger partial charge in [0.15, 0.2) is 5.96 Å². The molecule has 1 N–H and O–H groups in total. The monoisotopic (exact) mass is 325 g/mol. The number of aliphatic imine (C=N–C) groups is 1. The second kappa shape index (κ2) is 7.99. The van der Waals surface area contributed by atoms with Crippen LogP contribution in [0, 0.1) is 5.92 Å². The summed E-state index contributed by atoms with van der Waals surface area (Å²) in [7, 11) is 1.87. The molecule has 0 aliphatic carbocycles. The number of hydrogen-bond acceptors (Lipinski definition) is 2. The van der Waals surface area contributed by atoms with E-state index in [1.165, 1.54) is 24.0 Å². The molecule has 0 saturated carbocycles. The molecular formula is C19H27N5. The van der Waals surface area contributed by atoms with Gasteiger partial charge in [0.1, 0.15) is 0 Å². The third kappa shape index (κ3) is 4.16. The van der Waals surface area contributed by atoms with Crippen molar-refractivity contribution in [3.8, 4) is 0 Å². The van der Waals surface area contributed by atoms with Crippen LogP contribution in [0.15, 0.2) is 47.7 Å². The van der Waals surface area contributed by atoms with Gasteiger partial charge in [-0.1, -0.05) is 31.2 Å². The lowest BCUT2D eigenvalue weighted by atomic mass is 9.99. The number of benzene rings is 1. The molecule has 1 aromatic heterocycles. The zero-order chi connectivity index (χ0) is 16.8. The Hall–Kier alpha value is -2.30. The smallest absolute Gasteiger partial charge is 0.193 e. The molecule has 1 aliphatic heterocycles. The van der Waals surface area contributed by atoms with Crippen LogP contribution in [-0.4, -0.2) is 40.8 Å². The van der Waals surface area contributed by atoms with Gasteiger partial charge in [0, 0.05) is 39.1 Å². The number of rotatable bonds is 4. The summed E-state index contributed by atoms with van der Waals surface area (Å²) < 4.78 is 1.96. The summed E-state index contributed by atoms with van der Waals surface area (Å²) in [5.41, 5.74) is 2.58. The highest BCUT2D eigenvalue weighted by Crippen LogP contribution is 2.16. The average molecular weight is 325 g/mol. The fraction of sp³-hybridized carbons (Fsp3) is 0.474. The summed E-state index contributed by atoms with van der Waals surface area (Å²) in [6.07, 6.45) is 6.31. The molecule has 1 aliphatic rings. The van der Waals surface area contributed by atoms with Crippen molar-refractivity contribution in [1.82, 2.24) is 20.0 Å². The van der Waals surface area contributed by atoms with Crippen molar-refractivity contribution >= 4 is 5.96 Å². The molecule has 128 valence electrons. The molecule has 0 radical (unpaired) electrons. The van der Waals surface area contributed by atoms with Gasteiger partial charge in [-0.15, -0.1) is 0 Å². The fourth-order valence-electron chi connectivity index (χ4n) is 3.18. The third-order valence-corrected chi connectivity index (χ3v) is 4.74. The Morgan fingerprint density at radius 2 is 1.96 bits per heavy atom. The van der Waals surface area contributed by atoms with Crippen LogP contribution in [0.5, 0.6) is 0 Å². The van der Waals surface area contributed by atoms with Crippen molar-refractivity contribution < 1.29 is 0 Å². The number of piperidine rings is 1. The van der Waals surface area contributed by atoms with Gasteiger partial charge in [-0.25, -0.2) is 0 Å². The Bertz CT molecular complexity index is 654. The highest BCUT2D eigenvalue weighted by atomic mass is 15.3. The van der Waals surface area contributed by atoms with E-state index < -0.39 is 0 Å². The van der Waals surface area contributed by atoms with Gasteiger partial charge >= 0.3 is 0 Å². The average Bonchev–Trinajstić information content (AvgIpc) is 3.11. The molecule has 1 fully saturated rings. The Morgan fingerprint density at radius 1 is 1.21 bits per heavy atom. The molecule has 3 rings (SSSR count). The lowest BCUT2D eigenvalue weighted by Gasteiger charge is -2.33. The van der Waals surface area contributed by atoms with Gasteiger partial charge < -0.3 is 10.2 Å². The van der Waals surface area contributed by atoms with Crippen molar-refractivity contribution in [3.63, 3.8) is 0 Å². The van der Waals surface area contributed by atoms with Gasteiger partial charge in [0.2, 0.25) is 0 Å². The number of hydrogen-bond donors (Lipinski definition) is 1. The Balaban J connectivity index is 1.63. The zero-order valence-corrected chi connectivity index (χ0v) is 14.7. The van der Waals surface area contributed by atoms with Crippen LogP contribution >= 0.6 is 0 Å². The first kappa shape index (κ1) is 16.6. The lowest BCUT2D eigenvalue weighted by Crippen LogP contribution is -2.45. The number of likely N-dealkylation sites (tertiary alicyclic amines) is 1. The van der Waals surface area contributed by atoms with E-state index in [4.69, 9.17) is 0 Å². The van der Waals surface area contributed by atoms with E-state index in [9.17, 15) is 0 Å². The third-order valence-electron chi connectivity index (χ3n) is 4.74. The van der Waals surface area contributed by atoms with Crippen molar-refractivity contribution in [2.24, 2.45) is 10.9 Å². The molecule has 0 unspecified atom stereocenters. The standard InChI is InChI=1S/C19H27N5/c1-16-8-12-23(13-9-16)19(20-2)21-14-17-6-3-4-7-18(17)15-24-11-5-10-22-24/h3-7,10-11,16H,8-9,12-15H2,1-2H3,(H,20,21). The minimum absolute atomic E-state index is 0.788. The molecule has 5 heteroatoms. The van der Waals surface area contributed by atoms with Crippen LogP contribution < -0.4 is 5.32 Å². The van der Waals surface area contributed by atoms with E-state index in [-0.39, 0.29) is 0 Å². The molecule has 1 saturated heterocycles. The molecule has 1 aromatic carbocycles. The van der Waals surface area contributed by atoms with Gasteiger partial charge in [-0.2, -0.15) is 5.10 Å². The van der Waals surface area contributed by atoms with Gasteiger partial charge in [-0.3, -0.25) is 9.67 Å². The van der Waals surface area contributed by atoms with Gasteiger partial charge in [0.05, 0.1) is 6.54 Å². The first-order valence-corrected chi connectivity index (χ1v) is 8.76. The summed E-state index contributed by atoms with van der Waals surface area (Å²) in [6.45, 7) is 6.10. The number of nitrogens with zero attached hydrogens (tertiary/aromatic N) is 4. The largest absolute Gasteiger partial charge is 0.352 e. The van der Waals surface area contributed by atoms with E-state index in [1.807, 2.05) is 30.2 Å². The van der Waals surface area contributed by atoms with Crippen LogP contribution in [0.2, 0.25) is 0 Å². The van der Waals surface area contributed by atoms with Crippen LogP contribution in [0.4, 0.5) is 0 Å². The number of guanidine groups is 1. The quantitative estimate of drug-likeness (QED) is 0.694. The summed E-state index contributed by atoms with van der Waals surface area (Å²) in [4.78, 5) is 6.84. The fourth-order valence-corrected chi connectivity index (χ4v) is 3.18. The molecule has 0 bridgehead atoms. The van der Waals surface area contributed by atoms with Crippen molar-refractivity contribution in [2.75, 3.05) is 20.1 Å². The van der Waals surface area contributed by atoms with E-state index in [1.54, 1.807) is 0 Å². The van der Waals surface area contributed by atoms with E-state index in [0.29, 0.717) is 0 Å².